The highest BCUT2D eigenvalue weighted by atomic mass is 32.1. The summed E-state index contributed by atoms with van der Waals surface area (Å²) in [5.74, 6) is 0.943. The summed E-state index contributed by atoms with van der Waals surface area (Å²) in [7, 11) is 0. The molecule has 6 nitrogen and oxygen atoms in total. The number of benzene rings is 1. The molecule has 2 aromatic rings. The van der Waals surface area contributed by atoms with Gasteiger partial charge in [-0.25, -0.2) is 4.98 Å². The number of likely N-dealkylation sites (tertiary alicyclic amines) is 1. The van der Waals surface area contributed by atoms with E-state index in [1.165, 1.54) is 16.9 Å². The van der Waals surface area contributed by atoms with Gasteiger partial charge in [0, 0.05) is 37.5 Å². The minimum absolute atomic E-state index is 0.0116. The molecular formula is C21H25N3O3S. The van der Waals surface area contributed by atoms with Crippen LogP contribution in [-0.2, 0) is 11.2 Å². The first-order chi connectivity index (χ1) is 13.7. The number of hydrogen-bond acceptors (Lipinski definition) is 5. The molecule has 1 N–H and O–H groups in total. The molecule has 0 bridgehead atoms. The zero-order valence-corrected chi connectivity index (χ0v) is 16.9. The summed E-state index contributed by atoms with van der Waals surface area (Å²) < 4.78 is 5.56. The maximum absolute atomic E-state index is 13.1. The molecule has 2 aliphatic rings. The molecule has 0 radical (unpaired) electrons. The third-order valence-corrected chi connectivity index (χ3v) is 6.37. The largest absolute Gasteiger partial charge is 0.493 e. The van der Waals surface area contributed by atoms with Gasteiger partial charge in [-0.15, -0.1) is 11.3 Å². The summed E-state index contributed by atoms with van der Waals surface area (Å²) >= 11 is 1.42. The summed E-state index contributed by atoms with van der Waals surface area (Å²) in [6.45, 7) is 3.95. The van der Waals surface area contributed by atoms with Crippen molar-refractivity contribution in [3.63, 3.8) is 0 Å². The molecule has 1 atom stereocenters. The zero-order valence-electron chi connectivity index (χ0n) is 16.1. The SMILES string of the molecule is CCNC(=O)CC1CCCCN1C(=O)c1cnc(-c2ccc3c(c2)CCO3)s1. The quantitative estimate of drug-likeness (QED) is 0.838. The van der Waals surface area contributed by atoms with Gasteiger partial charge in [0.15, 0.2) is 0 Å². The van der Waals surface area contributed by atoms with Crippen molar-refractivity contribution in [2.45, 2.75) is 45.1 Å². The Morgan fingerprint density at radius 2 is 2.25 bits per heavy atom. The van der Waals surface area contributed by atoms with Crippen LogP contribution in [0, 0.1) is 0 Å². The number of amides is 2. The maximum atomic E-state index is 13.1. The van der Waals surface area contributed by atoms with Crippen molar-refractivity contribution in [1.29, 1.82) is 0 Å². The Kier molecular flexibility index (Phi) is 5.62. The number of carbonyl (C=O) groups is 2. The molecule has 0 spiro atoms. The fourth-order valence-corrected chi connectivity index (χ4v) is 4.80. The highest BCUT2D eigenvalue weighted by Crippen LogP contribution is 2.33. The average Bonchev–Trinajstić information content (AvgIpc) is 3.37. The number of piperidine rings is 1. The number of fused-ring (bicyclic) bond motifs is 1. The molecule has 1 aromatic heterocycles. The topological polar surface area (TPSA) is 71.5 Å². The lowest BCUT2D eigenvalue weighted by Gasteiger charge is -2.35. The van der Waals surface area contributed by atoms with E-state index in [0.717, 1.165) is 48.6 Å². The predicted molar refractivity (Wildman–Crippen MR) is 109 cm³/mol. The van der Waals surface area contributed by atoms with Crippen molar-refractivity contribution in [3.05, 3.63) is 34.8 Å². The summed E-state index contributed by atoms with van der Waals surface area (Å²) in [5.41, 5.74) is 2.21. The second-order valence-electron chi connectivity index (χ2n) is 7.26. The molecule has 28 heavy (non-hydrogen) atoms. The van der Waals surface area contributed by atoms with Gasteiger partial charge in [0.2, 0.25) is 5.91 Å². The van der Waals surface area contributed by atoms with Crippen molar-refractivity contribution in [3.8, 4) is 16.3 Å². The third kappa shape index (κ3) is 3.90. The first kappa shape index (κ1) is 18.9. The lowest BCUT2D eigenvalue weighted by molar-refractivity contribution is -0.122. The van der Waals surface area contributed by atoms with Crippen LogP contribution in [0.5, 0.6) is 5.75 Å². The molecule has 2 amide bonds. The van der Waals surface area contributed by atoms with Crippen LogP contribution in [0.4, 0.5) is 0 Å². The molecule has 0 saturated carbocycles. The van der Waals surface area contributed by atoms with Crippen molar-refractivity contribution in [2.75, 3.05) is 19.7 Å². The van der Waals surface area contributed by atoms with E-state index >= 15 is 0 Å². The van der Waals surface area contributed by atoms with Gasteiger partial charge in [0.25, 0.3) is 5.91 Å². The van der Waals surface area contributed by atoms with E-state index in [2.05, 4.69) is 16.4 Å². The predicted octanol–water partition coefficient (Wildman–Crippen LogP) is 3.27. The number of rotatable bonds is 5. The average molecular weight is 400 g/mol. The van der Waals surface area contributed by atoms with Crippen LogP contribution in [0.1, 0.15) is 47.8 Å². The van der Waals surface area contributed by atoms with Gasteiger partial charge in [-0.05, 0) is 49.9 Å². The van der Waals surface area contributed by atoms with Crippen molar-refractivity contribution in [1.82, 2.24) is 15.2 Å². The van der Waals surface area contributed by atoms with E-state index in [4.69, 9.17) is 4.74 Å². The number of thiazole rings is 1. The van der Waals surface area contributed by atoms with Gasteiger partial charge >= 0.3 is 0 Å². The van der Waals surface area contributed by atoms with Crippen molar-refractivity contribution >= 4 is 23.2 Å². The smallest absolute Gasteiger partial charge is 0.265 e. The maximum Gasteiger partial charge on any atom is 0.265 e. The molecule has 1 fully saturated rings. The first-order valence-corrected chi connectivity index (χ1v) is 10.8. The third-order valence-electron chi connectivity index (χ3n) is 5.34. The fourth-order valence-electron chi connectivity index (χ4n) is 3.93. The molecule has 1 unspecified atom stereocenters. The molecule has 1 saturated heterocycles. The van der Waals surface area contributed by atoms with Crippen LogP contribution in [0.3, 0.4) is 0 Å². The monoisotopic (exact) mass is 399 g/mol. The van der Waals surface area contributed by atoms with Gasteiger partial charge < -0.3 is 15.0 Å². The lowest BCUT2D eigenvalue weighted by Crippen LogP contribution is -2.45. The Morgan fingerprint density at radius 3 is 3.11 bits per heavy atom. The van der Waals surface area contributed by atoms with Crippen LogP contribution >= 0.6 is 11.3 Å². The second kappa shape index (κ2) is 8.31. The van der Waals surface area contributed by atoms with E-state index < -0.39 is 0 Å². The molecule has 2 aliphatic heterocycles. The van der Waals surface area contributed by atoms with Gasteiger partial charge in [-0.1, -0.05) is 0 Å². The van der Waals surface area contributed by atoms with Crippen LogP contribution in [0.15, 0.2) is 24.4 Å². The first-order valence-electron chi connectivity index (χ1n) is 9.95. The van der Waals surface area contributed by atoms with E-state index in [0.29, 0.717) is 24.4 Å². The zero-order chi connectivity index (χ0) is 19.5. The second-order valence-corrected chi connectivity index (χ2v) is 8.29. The standard InChI is InChI=1S/C21H25N3O3S/c1-2-22-19(25)12-16-5-3-4-9-24(16)21(26)18-13-23-20(28-18)15-6-7-17-14(11-15)8-10-27-17/h6-7,11,13,16H,2-5,8-10,12H2,1H3,(H,22,25). The van der Waals surface area contributed by atoms with Crippen molar-refractivity contribution in [2.24, 2.45) is 0 Å². The Hall–Kier alpha value is -2.41. The molecule has 0 aliphatic carbocycles. The van der Waals surface area contributed by atoms with Crippen LogP contribution in [-0.4, -0.2) is 47.4 Å². The van der Waals surface area contributed by atoms with E-state index in [1.807, 2.05) is 24.0 Å². The number of hydrogen-bond donors (Lipinski definition) is 1. The summed E-state index contributed by atoms with van der Waals surface area (Å²) in [6.07, 6.45) is 5.86. The minimum Gasteiger partial charge on any atom is -0.493 e. The normalized spacial score (nSPS) is 18.5. The van der Waals surface area contributed by atoms with Crippen molar-refractivity contribution < 1.29 is 14.3 Å². The molecule has 3 heterocycles. The summed E-state index contributed by atoms with van der Waals surface area (Å²) in [6, 6.07) is 6.05. The lowest BCUT2D eigenvalue weighted by atomic mass is 9.98. The number of aromatic nitrogens is 1. The molecular weight excluding hydrogens is 374 g/mol. The summed E-state index contributed by atoms with van der Waals surface area (Å²) in [5, 5.41) is 3.68. The number of nitrogens with zero attached hydrogens (tertiary/aromatic N) is 2. The number of carbonyl (C=O) groups excluding carboxylic acids is 2. The number of ether oxygens (including phenoxy) is 1. The Balaban J connectivity index is 1.50. The van der Waals surface area contributed by atoms with E-state index in [1.54, 1.807) is 6.20 Å². The van der Waals surface area contributed by atoms with Gasteiger partial charge in [0.1, 0.15) is 15.6 Å². The van der Waals surface area contributed by atoms with Gasteiger partial charge in [-0.2, -0.15) is 0 Å². The molecule has 4 rings (SSSR count). The highest BCUT2D eigenvalue weighted by Gasteiger charge is 2.30. The molecule has 1 aromatic carbocycles. The minimum atomic E-state index is -0.0320. The van der Waals surface area contributed by atoms with E-state index in [9.17, 15) is 9.59 Å². The van der Waals surface area contributed by atoms with Gasteiger partial charge in [-0.3, -0.25) is 9.59 Å². The Bertz CT molecular complexity index is 880. The number of nitrogens with one attached hydrogen (secondary N) is 1. The van der Waals surface area contributed by atoms with E-state index in [-0.39, 0.29) is 17.9 Å². The van der Waals surface area contributed by atoms with Gasteiger partial charge in [0.05, 0.1) is 12.8 Å². The molecule has 148 valence electrons. The molecule has 7 heteroatoms. The van der Waals surface area contributed by atoms with Crippen LogP contribution < -0.4 is 10.1 Å². The Morgan fingerprint density at radius 1 is 1.36 bits per heavy atom. The fraction of sp³-hybridized carbons (Fsp3) is 0.476. The Labute approximate surface area is 168 Å². The highest BCUT2D eigenvalue weighted by molar-refractivity contribution is 7.16. The van der Waals surface area contributed by atoms with Crippen LogP contribution in [0.2, 0.25) is 0 Å². The van der Waals surface area contributed by atoms with Crippen LogP contribution in [0.25, 0.3) is 10.6 Å². The summed E-state index contributed by atoms with van der Waals surface area (Å²) in [4.78, 5) is 32.2.